The first kappa shape index (κ1) is 9.75. The van der Waals surface area contributed by atoms with Crippen molar-refractivity contribution in [2.75, 3.05) is 19.6 Å². The summed E-state index contributed by atoms with van der Waals surface area (Å²) in [5.41, 5.74) is 5.64. The molecule has 0 saturated carbocycles. The van der Waals surface area contributed by atoms with Crippen LogP contribution in [0.4, 0.5) is 0 Å². The van der Waals surface area contributed by atoms with Crippen molar-refractivity contribution < 1.29 is 0 Å². The van der Waals surface area contributed by atoms with Gasteiger partial charge >= 0.3 is 0 Å². The van der Waals surface area contributed by atoms with E-state index in [0.717, 1.165) is 31.5 Å². The van der Waals surface area contributed by atoms with Gasteiger partial charge in [0.15, 0.2) is 0 Å². The molecule has 2 nitrogen and oxygen atoms in total. The van der Waals surface area contributed by atoms with Gasteiger partial charge in [0.2, 0.25) is 0 Å². The Hall–Kier alpha value is -0.340. The van der Waals surface area contributed by atoms with Gasteiger partial charge in [0, 0.05) is 19.1 Å². The summed E-state index contributed by atoms with van der Waals surface area (Å²) in [6, 6.07) is 0.721. The molecule has 0 radical (unpaired) electrons. The average molecular weight is 168 g/mol. The first-order chi connectivity index (χ1) is 5.77. The van der Waals surface area contributed by atoms with E-state index in [1.807, 2.05) is 6.08 Å². The summed E-state index contributed by atoms with van der Waals surface area (Å²) in [6.45, 7) is 9.21. The first-order valence-corrected chi connectivity index (χ1v) is 4.83. The molecule has 0 bridgehead atoms. The van der Waals surface area contributed by atoms with Crippen LogP contribution in [-0.2, 0) is 0 Å². The molecule has 0 aromatic carbocycles. The molecule has 1 aliphatic rings. The molecular formula is C10H20N2. The number of likely N-dealkylation sites (tertiary alicyclic amines) is 1. The fraction of sp³-hybridized carbons (Fsp3) is 0.800. The van der Waals surface area contributed by atoms with Crippen molar-refractivity contribution in [1.29, 1.82) is 0 Å². The van der Waals surface area contributed by atoms with Crippen molar-refractivity contribution in [1.82, 2.24) is 4.90 Å². The SMILES string of the molecule is C=CCCN1CC(CN)CC1C. The molecule has 12 heavy (non-hydrogen) atoms. The summed E-state index contributed by atoms with van der Waals surface area (Å²) < 4.78 is 0. The van der Waals surface area contributed by atoms with Gasteiger partial charge in [-0.3, -0.25) is 0 Å². The van der Waals surface area contributed by atoms with Crippen molar-refractivity contribution in [2.24, 2.45) is 11.7 Å². The second kappa shape index (κ2) is 4.63. The van der Waals surface area contributed by atoms with Crippen molar-refractivity contribution >= 4 is 0 Å². The van der Waals surface area contributed by atoms with Crippen LogP contribution >= 0.6 is 0 Å². The van der Waals surface area contributed by atoms with E-state index in [-0.39, 0.29) is 0 Å². The normalized spacial score (nSPS) is 30.8. The molecule has 1 rings (SSSR count). The molecule has 0 spiro atoms. The van der Waals surface area contributed by atoms with Gasteiger partial charge in [-0.25, -0.2) is 0 Å². The van der Waals surface area contributed by atoms with E-state index in [9.17, 15) is 0 Å². The van der Waals surface area contributed by atoms with Crippen LogP contribution in [0.1, 0.15) is 19.8 Å². The summed E-state index contributed by atoms with van der Waals surface area (Å²) in [7, 11) is 0. The van der Waals surface area contributed by atoms with E-state index < -0.39 is 0 Å². The van der Waals surface area contributed by atoms with E-state index in [2.05, 4.69) is 18.4 Å². The molecular weight excluding hydrogens is 148 g/mol. The Morgan fingerprint density at radius 2 is 2.42 bits per heavy atom. The highest BCUT2D eigenvalue weighted by molar-refractivity contribution is 4.84. The third-order valence-electron chi connectivity index (χ3n) is 2.74. The lowest BCUT2D eigenvalue weighted by Gasteiger charge is -2.19. The van der Waals surface area contributed by atoms with Crippen LogP contribution < -0.4 is 5.73 Å². The Labute approximate surface area is 75.4 Å². The standard InChI is InChI=1S/C10H20N2/c1-3-4-5-12-8-10(7-11)6-9(12)2/h3,9-10H,1,4-8,11H2,2H3. The van der Waals surface area contributed by atoms with Gasteiger partial charge in [0.25, 0.3) is 0 Å². The van der Waals surface area contributed by atoms with Crippen LogP contribution in [0.3, 0.4) is 0 Å². The van der Waals surface area contributed by atoms with Gasteiger partial charge in [-0.2, -0.15) is 0 Å². The van der Waals surface area contributed by atoms with Crippen molar-refractivity contribution in [3.8, 4) is 0 Å². The van der Waals surface area contributed by atoms with Gasteiger partial charge in [0.1, 0.15) is 0 Å². The number of hydrogen-bond acceptors (Lipinski definition) is 2. The minimum absolute atomic E-state index is 0.721. The van der Waals surface area contributed by atoms with E-state index in [1.165, 1.54) is 13.0 Å². The van der Waals surface area contributed by atoms with Gasteiger partial charge < -0.3 is 10.6 Å². The van der Waals surface area contributed by atoms with Crippen LogP contribution in [0.15, 0.2) is 12.7 Å². The molecule has 1 aliphatic heterocycles. The predicted octanol–water partition coefficient (Wildman–Crippen LogP) is 1.23. The molecule has 1 heterocycles. The maximum Gasteiger partial charge on any atom is 0.00707 e. The number of hydrogen-bond donors (Lipinski definition) is 1. The molecule has 70 valence electrons. The zero-order valence-electron chi connectivity index (χ0n) is 8.00. The van der Waals surface area contributed by atoms with E-state index >= 15 is 0 Å². The smallest absolute Gasteiger partial charge is 0.00707 e. The fourth-order valence-corrected chi connectivity index (χ4v) is 1.96. The zero-order valence-corrected chi connectivity index (χ0v) is 8.00. The maximum absolute atomic E-state index is 5.64. The third kappa shape index (κ3) is 2.32. The lowest BCUT2D eigenvalue weighted by Crippen LogP contribution is -2.28. The van der Waals surface area contributed by atoms with Gasteiger partial charge in [-0.15, -0.1) is 6.58 Å². The minimum atomic E-state index is 0.721. The zero-order chi connectivity index (χ0) is 8.97. The fourth-order valence-electron chi connectivity index (χ4n) is 1.96. The van der Waals surface area contributed by atoms with E-state index in [1.54, 1.807) is 0 Å². The van der Waals surface area contributed by atoms with Gasteiger partial charge in [-0.05, 0) is 32.2 Å². The molecule has 2 heteroatoms. The molecule has 0 aromatic heterocycles. The van der Waals surface area contributed by atoms with Gasteiger partial charge in [-0.1, -0.05) is 6.08 Å². The topological polar surface area (TPSA) is 29.3 Å². The Morgan fingerprint density at radius 3 is 2.92 bits per heavy atom. The van der Waals surface area contributed by atoms with E-state index in [0.29, 0.717) is 0 Å². The average Bonchev–Trinajstić information content (AvgIpc) is 2.43. The van der Waals surface area contributed by atoms with Crippen LogP contribution in [0.25, 0.3) is 0 Å². The monoisotopic (exact) mass is 168 g/mol. The predicted molar refractivity (Wildman–Crippen MR) is 53.0 cm³/mol. The molecule has 0 amide bonds. The maximum atomic E-state index is 5.64. The van der Waals surface area contributed by atoms with Crippen LogP contribution in [0.2, 0.25) is 0 Å². The number of nitrogens with two attached hydrogens (primary N) is 1. The Balaban J connectivity index is 2.30. The Morgan fingerprint density at radius 1 is 1.67 bits per heavy atom. The minimum Gasteiger partial charge on any atom is -0.330 e. The molecule has 1 fully saturated rings. The first-order valence-electron chi connectivity index (χ1n) is 4.83. The second-order valence-electron chi connectivity index (χ2n) is 3.76. The van der Waals surface area contributed by atoms with Crippen molar-refractivity contribution in [3.63, 3.8) is 0 Å². The summed E-state index contributed by atoms with van der Waals surface area (Å²) in [4.78, 5) is 2.51. The number of rotatable bonds is 4. The highest BCUT2D eigenvalue weighted by atomic mass is 15.2. The van der Waals surface area contributed by atoms with Gasteiger partial charge in [0.05, 0.1) is 0 Å². The Kier molecular flexibility index (Phi) is 3.76. The quantitative estimate of drug-likeness (QED) is 0.640. The molecule has 0 aromatic rings. The van der Waals surface area contributed by atoms with Crippen molar-refractivity contribution in [3.05, 3.63) is 12.7 Å². The molecule has 2 atom stereocenters. The van der Waals surface area contributed by atoms with Crippen LogP contribution in [0.5, 0.6) is 0 Å². The van der Waals surface area contributed by atoms with Crippen LogP contribution in [-0.4, -0.2) is 30.6 Å². The lowest BCUT2D eigenvalue weighted by molar-refractivity contribution is 0.270. The molecule has 0 aliphatic carbocycles. The molecule has 1 saturated heterocycles. The molecule has 2 unspecified atom stereocenters. The Bertz CT molecular complexity index is 145. The summed E-state index contributed by atoms with van der Waals surface area (Å²) in [6.07, 6.45) is 4.36. The highest BCUT2D eigenvalue weighted by Crippen LogP contribution is 2.21. The number of nitrogens with zero attached hydrogens (tertiary/aromatic N) is 1. The van der Waals surface area contributed by atoms with E-state index in [4.69, 9.17) is 5.73 Å². The van der Waals surface area contributed by atoms with Crippen LogP contribution in [0, 0.1) is 5.92 Å². The summed E-state index contributed by atoms with van der Waals surface area (Å²) in [5, 5.41) is 0. The molecule has 2 N–H and O–H groups in total. The summed E-state index contributed by atoms with van der Waals surface area (Å²) >= 11 is 0. The second-order valence-corrected chi connectivity index (χ2v) is 3.76. The van der Waals surface area contributed by atoms with Crippen molar-refractivity contribution in [2.45, 2.75) is 25.8 Å². The largest absolute Gasteiger partial charge is 0.330 e. The third-order valence-corrected chi connectivity index (χ3v) is 2.74. The highest BCUT2D eigenvalue weighted by Gasteiger charge is 2.26. The summed E-state index contributed by atoms with van der Waals surface area (Å²) in [5.74, 6) is 0.727. The lowest BCUT2D eigenvalue weighted by atomic mass is 10.1.